The fraction of sp³-hybridized carbons (Fsp3) is 0.400. The van der Waals surface area contributed by atoms with Gasteiger partial charge in [-0.3, -0.25) is 0 Å². The minimum absolute atomic E-state index is 0.128. The van der Waals surface area contributed by atoms with E-state index in [1.807, 2.05) is 13.0 Å². The van der Waals surface area contributed by atoms with Gasteiger partial charge in [0.1, 0.15) is 0 Å². The highest BCUT2D eigenvalue weighted by Crippen LogP contribution is 2.40. The van der Waals surface area contributed by atoms with Gasteiger partial charge in [0, 0.05) is 5.56 Å². The first-order chi connectivity index (χ1) is 9.88. The highest BCUT2D eigenvalue weighted by Gasteiger charge is 2.41. The maximum Gasteiger partial charge on any atom is 0.435 e. The van der Waals surface area contributed by atoms with Crippen molar-refractivity contribution in [2.75, 3.05) is 0 Å². The number of nitrogens with zero attached hydrogens (tertiary/aromatic N) is 2. The number of benzene rings is 1. The zero-order valence-electron chi connectivity index (χ0n) is 11.5. The van der Waals surface area contributed by atoms with Crippen molar-refractivity contribution in [3.05, 3.63) is 46.8 Å². The number of aryl methyl sites for hydroxylation is 1. The van der Waals surface area contributed by atoms with E-state index in [0.29, 0.717) is 24.9 Å². The van der Waals surface area contributed by atoms with Crippen LogP contribution in [0.2, 0.25) is 0 Å². The Balaban J connectivity index is 2.24. The van der Waals surface area contributed by atoms with Crippen LogP contribution in [0.1, 0.15) is 41.5 Å². The van der Waals surface area contributed by atoms with Crippen LogP contribution in [0.3, 0.4) is 0 Å². The first kappa shape index (κ1) is 14.1. The average Bonchev–Trinajstić information content (AvgIpc) is 2.79. The van der Waals surface area contributed by atoms with Crippen molar-refractivity contribution >= 4 is 0 Å². The molecule has 1 aliphatic carbocycles. The summed E-state index contributed by atoms with van der Waals surface area (Å²) in [5.41, 5.74) is 0.998. The zero-order valence-corrected chi connectivity index (χ0v) is 11.5. The first-order valence-electron chi connectivity index (χ1n) is 6.82. The normalized spacial score (nSPS) is 18.6. The number of hydrogen-bond donors (Lipinski definition) is 1. The molecule has 3 rings (SSSR count). The van der Waals surface area contributed by atoms with Gasteiger partial charge in [0.25, 0.3) is 0 Å². The van der Waals surface area contributed by atoms with Crippen LogP contribution >= 0.6 is 0 Å². The Morgan fingerprint density at radius 3 is 2.76 bits per heavy atom. The summed E-state index contributed by atoms with van der Waals surface area (Å²) in [5.74, 6) is 0. The Morgan fingerprint density at radius 1 is 1.33 bits per heavy atom. The molecule has 0 spiro atoms. The largest absolute Gasteiger partial charge is 0.435 e. The van der Waals surface area contributed by atoms with Crippen LogP contribution in [0, 0.1) is 6.92 Å². The lowest BCUT2D eigenvalue weighted by Crippen LogP contribution is -2.14. The summed E-state index contributed by atoms with van der Waals surface area (Å²) in [6, 6.07) is 7.08. The first-order valence-corrected chi connectivity index (χ1v) is 6.82. The van der Waals surface area contributed by atoms with Crippen molar-refractivity contribution in [2.24, 2.45) is 0 Å². The molecule has 2 aromatic rings. The number of rotatable bonds is 1. The summed E-state index contributed by atoms with van der Waals surface area (Å²) in [6.07, 6.45) is -4.11. The van der Waals surface area contributed by atoms with Crippen molar-refractivity contribution < 1.29 is 18.3 Å². The molecule has 0 amide bonds. The molecule has 0 bridgehead atoms. The van der Waals surface area contributed by atoms with E-state index in [1.54, 1.807) is 18.2 Å². The molecule has 1 aromatic heterocycles. The van der Waals surface area contributed by atoms with Crippen molar-refractivity contribution in [3.8, 4) is 5.69 Å². The van der Waals surface area contributed by atoms with Crippen LogP contribution in [0.15, 0.2) is 24.3 Å². The molecule has 0 saturated carbocycles. The monoisotopic (exact) mass is 296 g/mol. The van der Waals surface area contributed by atoms with E-state index < -0.39 is 18.0 Å². The van der Waals surface area contributed by atoms with Crippen LogP contribution < -0.4 is 0 Å². The molecule has 6 heteroatoms. The Bertz CT molecular complexity index is 676. The van der Waals surface area contributed by atoms with Gasteiger partial charge in [0.05, 0.1) is 17.5 Å². The molecule has 21 heavy (non-hydrogen) atoms. The van der Waals surface area contributed by atoms with Gasteiger partial charge in [-0.1, -0.05) is 12.1 Å². The summed E-state index contributed by atoms with van der Waals surface area (Å²) in [4.78, 5) is 0. The van der Waals surface area contributed by atoms with Gasteiger partial charge >= 0.3 is 6.18 Å². The minimum atomic E-state index is -4.50. The molecule has 3 nitrogen and oxygen atoms in total. The van der Waals surface area contributed by atoms with E-state index in [0.717, 1.165) is 5.56 Å². The summed E-state index contributed by atoms with van der Waals surface area (Å²) >= 11 is 0. The highest BCUT2D eigenvalue weighted by molar-refractivity contribution is 5.42. The lowest BCUT2D eigenvalue weighted by molar-refractivity contribution is -0.142. The third-order valence-electron chi connectivity index (χ3n) is 3.76. The van der Waals surface area contributed by atoms with E-state index in [9.17, 15) is 18.3 Å². The lowest BCUT2D eigenvalue weighted by atomic mass is 9.93. The third kappa shape index (κ3) is 2.44. The standard InChI is InChI=1S/C15H15F3N2O/c1-9-4-2-5-10(8-9)20-13-11(6-3-7-12(13)21)14(19-20)15(16,17)18/h2,4-5,8,12,21H,3,6-7H2,1H3. The average molecular weight is 296 g/mol. The molecule has 1 N–H and O–H groups in total. The van der Waals surface area contributed by atoms with Crippen LogP contribution in [0.25, 0.3) is 5.69 Å². The molecule has 0 aliphatic heterocycles. The van der Waals surface area contributed by atoms with Gasteiger partial charge in [-0.25, -0.2) is 4.68 Å². The van der Waals surface area contributed by atoms with Crippen LogP contribution in [-0.2, 0) is 12.6 Å². The quantitative estimate of drug-likeness (QED) is 0.873. The Morgan fingerprint density at radius 2 is 2.10 bits per heavy atom. The van der Waals surface area contributed by atoms with E-state index in [1.165, 1.54) is 4.68 Å². The molecule has 1 unspecified atom stereocenters. The summed E-state index contributed by atoms with van der Waals surface area (Å²) in [6.45, 7) is 1.86. The van der Waals surface area contributed by atoms with Crippen molar-refractivity contribution in [1.82, 2.24) is 9.78 Å². The third-order valence-corrected chi connectivity index (χ3v) is 3.76. The molecule has 1 aromatic carbocycles. The predicted molar refractivity (Wildman–Crippen MR) is 71.2 cm³/mol. The SMILES string of the molecule is Cc1cccc(-n2nc(C(F)(F)F)c3c2C(O)CCC3)c1. The van der Waals surface area contributed by atoms with Gasteiger partial charge in [0.2, 0.25) is 0 Å². The molecule has 112 valence electrons. The van der Waals surface area contributed by atoms with Crippen molar-refractivity contribution in [1.29, 1.82) is 0 Å². The van der Waals surface area contributed by atoms with Gasteiger partial charge in [-0.2, -0.15) is 18.3 Å². The number of halogens is 3. The lowest BCUT2D eigenvalue weighted by Gasteiger charge is -2.20. The van der Waals surface area contributed by atoms with E-state index >= 15 is 0 Å². The fourth-order valence-corrected chi connectivity index (χ4v) is 2.85. The number of fused-ring (bicyclic) bond motifs is 1. The molecular formula is C15H15F3N2O. The second-order valence-electron chi connectivity index (χ2n) is 5.37. The molecule has 1 heterocycles. The van der Waals surface area contributed by atoms with Crippen LogP contribution in [0.4, 0.5) is 13.2 Å². The Labute approximate surface area is 120 Å². The van der Waals surface area contributed by atoms with Crippen molar-refractivity contribution in [3.63, 3.8) is 0 Å². The fourth-order valence-electron chi connectivity index (χ4n) is 2.85. The number of aromatic nitrogens is 2. The van der Waals surface area contributed by atoms with E-state index in [-0.39, 0.29) is 11.3 Å². The summed E-state index contributed by atoms with van der Waals surface area (Å²) < 4.78 is 40.7. The second-order valence-corrected chi connectivity index (χ2v) is 5.37. The molecule has 1 aliphatic rings. The molecule has 0 fully saturated rings. The van der Waals surface area contributed by atoms with Crippen LogP contribution in [0.5, 0.6) is 0 Å². The molecule has 0 saturated heterocycles. The van der Waals surface area contributed by atoms with Gasteiger partial charge in [-0.05, 0) is 43.9 Å². The number of alkyl halides is 3. The number of aliphatic hydroxyl groups is 1. The van der Waals surface area contributed by atoms with E-state index in [2.05, 4.69) is 5.10 Å². The maximum absolute atomic E-state index is 13.2. The van der Waals surface area contributed by atoms with Gasteiger partial charge in [-0.15, -0.1) is 0 Å². The van der Waals surface area contributed by atoms with E-state index in [4.69, 9.17) is 0 Å². The topological polar surface area (TPSA) is 38.0 Å². The molecular weight excluding hydrogens is 281 g/mol. The minimum Gasteiger partial charge on any atom is -0.387 e. The highest BCUT2D eigenvalue weighted by atomic mass is 19.4. The number of hydrogen-bond acceptors (Lipinski definition) is 2. The number of aliphatic hydroxyl groups excluding tert-OH is 1. The predicted octanol–water partition coefficient (Wildman–Crippen LogP) is 3.57. The summed E-state index contributed by atoms with van der Waals surface area (Å²) in [5, 5.41) is 13.9. The van der Waals surface area contributed by atoms with Gasteiger partial charge < -0.3 is 5.11 Å². The molecule has 1 atom stereocenters. The smallest absolute Gasteiger partial charge is 0.387 e. The second kappa shape index (κ2) is 4.87. The Hall–Kier alpha value is -1.82. The molecule has 0 radical (unpaired) electrons. The summed E-state index contributed by atoms with van der Waals surface area (Å²) in [7, 11) is 0. The van der Waals surface area contributed by atoms with Crippen LogP contribution in [-0.4, -0.2) is 14.9 Å². The van der Waals surface area contributed by atoms with Gasteiger partial charge in [0.15, 0.2) is 5.69 Å². The zero-order chi connectivity index (χ0) is 15.2. The van der Waals surface area contributed by atoms with Crippen molar-refractivity contribution in [2.45, 2.75) is 38.5 Å². The maximum atomic E-state index is 13.2. The Kier molecular flexibility index (Phi) is 3.28.